The first-order chi connectivity index (χ1) is 4.83. The summed E-state index contributed by atoms with van der Waals surface area (Å²) in [5, 5.41) is 0. The van der Waals surface area contributed by atoms with Crippen molar-refractivity contribution in [3.05, 3.63) is 0 Å². The van der Waals surface area contributed by atoms with E-state index in [9.17, 15) is 0 Å². The van der Waals surface area contributed by atoms with Crippen LogP contribution < -0.4 is 0 Å². The molecule has 0 saturated heterocycles. The van der Waals surface area contributed by atoms with E-state index < -0.39 is 0 Å². The Morgan fingerprint density at radius 1 is 1.30 bits per heavy atom. The van der Waals surface area contributed by atoms with Gasteiger partial charge in [0.1, 0.15) is 0 Å². The molecule has 0 aromatic carbocycles. The third-order valence-corrected chi connectivity index (χ3v) is 3.90. The third kappa shape index (κ3) is 0.741. The zero-order valence-corrected chi connectivity index (χ0v) is 7.14. The Kier molecular flexibility index (Phi) is 1.51. The van der Waals surface area contributed by atoms with Crippen molar-refractivity contribution >= 4 is 0 Å². The molecule has 3 aliphatic carbocycles. The van der Waals surface area contributed by atoms with Gasteiger partial charge in [0.05, 0.1) is 0 Å². The van der Waals surface area contributed by atoms with Crippen molar-refractivity contribution in [2.75, 3.05) is 0 Å². The van der Waals surface area contributed by atoms with Gasteiger partial charge in [0.15, 0.2) is 0 Å². The van der Waals surface area contributed by atoms with E-state index >= 15 is 0 Å². The van der Waals surface area contributed by atoms with Crippen molar-refractivity contribution in [2.45, 2.75) is 39.5 Å². The summed E-state index contributed by atoms with van der Waals surface area (Å²) in [5.41, 5.74) is 0. The van der Waals surface area contributed by atoms with Crippen LogP contribution in [0.15, 0.2) is 0 Å². The third-order valence-electron chi connectivity index (χ3n) is 3.90. The van der Waals surface area contributed by atoms with Crippen LogP contribution in [0.25, 0.3) is 0 Å². The summed E-state index contributed by atoms with van der Waals surface area (Å²) >= 11 is 0. The largest absolute Gasteiger partial charge is 0.0651 e. The van der Waals surface area contributed by atoms with Crippen LogP contribution in [-0.2, 0) is 0 Å². The minimum absolute atomic E-state index is 1.02. The maximum absolute atomic E-state index is 2.44. The van der Waals surface area contributed by atoms with Crippen LogP contribution in [0.1, 0.15) is 39.5 Å². The van der Waals surface area contributed by atoms with Crippen LogP contribution in [0.3, 0.4) is 0 Å². The molecule has 3 fully saturated rings. The van der Waals surface area contributed by atoms with Crippen LogP contribution in [0, 0.1) is 23.7 Å². The lowest BCUT2D eigenvalue weighted by Gasteiger charge is -2.40. The van der Waals surface area contributed by atoms with Crippen molar-refractivity contribution in [2.24, 2.45) is 23.7 Å². The van der Waals surface area contributed by atoms with Gasteiger partial charge in [0, 0.05) is 0 Å². The second-order valence-corrected chi connectivity index (χ2v) is 4.30. The first-order valence-electron chi connectivity index (χ1n) is 4.83. The van der Waals surface area contributed by atoms with Crippen molar-refractivity contribution in [1.82, 2.24) is 0 Å². The average molecular weight is 138 g/mol. The highest BCUT2D eigenvalue weighted by Crippen LogP contribution is 2.56. The van der Waals surface area contributed by atoms with Crippen molar-refractivity contribution in [3.63, 3.8) is 0 Å². The standard InChI is InChI=1S/C10H18/c1-3-7(2)10-8-4-5-9(10)6-8/h7-10H,3-6H2,1-2H3. The van der Waals surface area contributed by atoms with Gasteiger partial charge in [0.25, 0.3) is 0 Å². The molecule has 58 valence electrons. The lowest BCUT2D eigenvalue weighted by molar-refractivity contribution is 0.0928. The maximum Gasteiger partial charge on any atom is -0.0332 e. The molecule has 0 nitrogen and oxygen atoms in total. The lowest BCUT2D eigenvalue weighted by atomic mass is 9.65. The van der Waals surface area contributed by atoms with E-state index in [0.29, 0.717) is 0 Å². The van der Waals surface area contributed by atoms with Gasteiger partial charge >= 0.3 is 0 Å². The highest BCUT2D eigenvalue weighted by molar-refractivity contribution is 4.97. The van der Waals surface area contributed by atoms with Crippen molar-refractivity contribution < 1.29 is 0 Å². The van der Waals surface area contributed by atoms with Crippen molar-refractivity contribution in [3.8, 4) is 0 Å². The Bertz CT molecular complexity index is 114. The minimum Gasteiger partial charge on any atom is -0.0651 e. The summed E-state index contributed by atoms with van der Waals surface area (Å²) in [6, 6.07) is 0. The zero-order valence-electron chi connectivity index (χ0n) is 7.14. The van der Waals surface area contributed by atoms with E-state index in [-0.39, 0.29) is 0 Å². The Morgan fingerprint density at radius 2 is 1.90 bits per heavy atom. The van der Waals surface area contributed by atoms with E-state index in [1.807, 2.05) is 0 Å². The zero-order chi connectivity index (χ0) is 7.14. The quantitative estimate of drug-likeness (QED) is 0.550. The van der Waals surface area contributed by atoms with E-state index in [1.54, 1.807) is 19.3 Å². The topological polar surface area (TPSA) is 0 Å². The second-order valence-electron chi connectivity index (χ2n) is 4.30. The van der Waals surface area contributed by atoms with Crippen molar-refractivity contribution in [1.29, 1.82) is 0 Å². The molecule has 0 aromatic heterocycles. The fraction of sp³-hybridized carbons (Fsp3) is 1.00. The molecule has 3 saturated carbocycles. The molecule has 0 aliphatic heterocycles. The monoisotopic (exact) mass is 138 g/mol. The molecule has 0 amide bonds. The fourth-order valence-corrected chi connectivity index (χ4v) is 3.14. The van der Waals surface area contributed by atoms with Crippen LogP contribution in [0.5, 0.6) is 0 Å². The molecule has 0 heteroatoms. The first-order valence-corrected chi connectivity index (χ1v) is 4.83. The highest BCUT2D eigenvalue weighted by Gasteiger charge is 2.47. The molecular formula is C10H18. The summed E-state index contributed by atoms with van der Waals surface area (Å²) in [6.07, 6.45) is 6.09. The van der Waals surface area contributed by atoms with Crippen LogP contribution >= 0.6 is 0 Å². The second kappa shape index (κ2) is 2.25. The number of rotatable bonds is 2. The van der Waals surface area contributed by atoms with E-state index in [0.717, 1.165) is 23.7 Å². The van der Waals surface area contributed by atoms with E-state index in [1.165, 1.54) is 6.42 Å². The molecule has 0 N–H and O–H groups in total. The van der Waals surface area contributed by atoms with Gasteiger partial charge in [-0.25, -0.2) is 0 Å². The summed E-state index contributed by atoms with van der Waals surface area (Å²) in [4.78, 5) is 0. The molecule has 0 spiro atoms. The summed E-state index contributed by atoms with van der Waals surface area (Å²) in [7, 11) is 0. The molecule has 0 aromatic rings. The molecule has 10 heavy (non-hydrogen) atoms. The molecule has 0 radical (unpaired) electrons. The number of fused-ring (bicyclic) bond motifs is 1. The summed E-state index contributed by atoms with van der Waals surface area (Å²) < 4.78 is 0. The van der Waals surface area contributed by atoms with Crippen LogP contribution in [-0.4, -0.2) is 0 Å². The predicted molar refractivity (Wildman–Crippen MR) is 43.8 cm³/mol. The molecule has 3 unspecified atom stereocenters. The smallest absolute Gasteiger partial charge is 0.0332 e. The normalized spacial score (nSPS) is 46.8. The lowest BCUT2D eigenvalue weighted by Crippen LogP contribution is -2.32. The Morgan fingerprint density at radius 3 is 2.30 bits per heavy atom. The van der Waals surface area contributed by atoms with Gasteiger partial charge in [-0.1, -0.05) is 20.3 Å². The van der Waals surface area contributed by atoms with E-state index in [4.69, 9.17) is 0 Å². The summed E-state index contributed by atoms with van der Waals surface area (Å²) in [5.74, 6) is 4.47. The van der Waals surface area contributed by atoms with Gasteiger partial charge in [-0.3, -0.25) is 0 Å². The first kappa shape index (κ1) is 6.69. The molecule has 3 atom stereocenters. The van der Waals surface area contributed by atoms with Crippen LogP contribution in [0.4, 0.5) is 0 Å². The van der Waals surface area contributed by atoms with Crippen LogP contribution in [0.2, 0.25) is 0 Å². The molecule has 3 rings (SSSR count). The van der Waals surface area contributed by atoms with Gasteiger partial charge < -0.3 is 0 Å². The van der Waals surface area contributed by atoms with E-state index in [2.05, 4.69) is 13.8 Å². The number of hydrogen-bond donors (Lipinski definition) is 0. The molecule has 3 aliphatic rings. The summed E-state index contributed by atoms with van der Waals surface area (Å²) in [6.45, 7) is 4.78. The van der Waals surface area contributed by atoms with Gasteiger partial charge in [-0.05, 0) is 42.9 Å². The molecule has 0 heterocycles. The predicted octanol–water partition coefficient (Wildman–Crippen LogP) is 3.08. The van der Waals surface area contributed by atoms with Gasteiger partial charge in [-0.2, -0.15) is 0 Å². The Hall–Kier alpha value is 0. The SMILES string of the molecule is CCC(C)C1C2CCC1C2. The van der Waals surface area contributed by atoms with Gasteiger partial charge in [0.2, 0.25) is 0 Å². The Labute approximate surface area is 64.0 Å². The average Bonchev–Trinajstić information content (AvgIpc) is 2.44. The number of hydrogen-bond acceptors (Lipinski definition) is 0. The highest BCUT2D eigenvalue weighted by atomic mass is 14.5. The molecular weight excluding hydrogens is 120 g/mol. The maximum atomic E-state index is 2.44. The fourth-order valence-electron chi connectivity index (χ4n) is 3.14. The van der Waals surface area contributed by atoms with Gasteiger partial charge in [-0.15, -0.1) is 0 Å². The Balaban J connectivity index is 1.95. The minimum atomic E-state index is 1.02. The molecule has 2 bridgehead atoms.